The molecule has 0 aromatic heterocycles. The quantitative estimate of drug-likeness (QED) is 0.625. The Bertz CT molecular complexity index is 770. The molecule has 3 rings (SSSR count). The summed E-state index contributed by atoms with van der Waals surface area (Å²) in [5, 5.41) is 0. The molecule has 25 heavy (non-hydrogen) atoms. The predicted molar refractivity (Wildman–Crippen MR) is 102 cm³/mol. The van der Waals surface area contributed by atoms with Gasteiger partial charge < -0.3 is 15.2 Å². The van der Waals surface area contributed by atoms with Crippen molar-refractivity contribution in [1.82, 2.24) is 0 Å². The highest BCUT2D eigenvalue weighted by molar-refractivity contribution is 5.70. The number of benzene rings is 3. The molecule has 0 aliphatic rings. The van der Waals surface area contributed by atoms with E-state index in [1.54, 1.807) is 0 Å². The van der Waals surface area contributed by atoms with Crippen molar-refractivity contribution in [2.75, 3.05) is 19.8 Å². The fraction of sp³-hybridized carbons (Fsp3) is 0.182. The molecule has 0 fully saturated rings. The lowest BCUT2D eigenvalue weighted by Crippen LogP contribution is -2.09. The zero-order valence-electron chi connectivity index (χ0n) is 14.2. The third-order valence-corrected chi connectivity index (χ3v) is 3.94. The second-order valence-electron chi connectivity index (χ2n) is 5.74. The lowest BCUT2D eigenvalue weighted by Gasteiger charge is -2.12. The summed E-state index contributed by atoms with van der Waals surface area (Å²) >= 11 is 0. The van der Waals surface area contributed by atoms with E-state index in [2.05, 4.69) is 18.2 Å². The molecular weight excluding hydrogens is 310 g/mol. The van der Waals surface area contributed by atoms with Gasteiger partial charge in [0, 0.05) is 5.56 Å². The van der Waals surface area contributed by atoms with Crippen molar-refractivity contribution in [3.63, 3.8) is 0 Å². The van der Waals surface area contributed by atoms with Crippen LogP contribution in [0.2, 0.25) is 0 Å². The monoisotopic (exact) mass is 333 g/mol. The van der Waals surface area contributed by atoms with Crippen molar-refractivity contribution >= 4 is 0 Å². The van der Waals surface area contributed by atoms with Gasteiger partial charge in [0.2, 0.25) is 0 Å². The Hall–Kier alpha value is -2.78. The highest BCUT2D eigenvalue weighted by Crippen LogP contribution is 2.29. The fourth-order valence-corrected chi connectivity index (χ4v) is 2.68. The van der Waals surface area contributed by atoms with Gasteiger partial charge in [-0.3, -0.25) is 0 Å². The molecule has 0 heterocycles. The first-order valence-electron chi connectivity index (χ1n) is 8.56. The van der Waals surface area contributed by atoms with Crippen molar-refractivity contribution in [1.29, 1.82) is 0 Å². The molecule has 0 bridgehead atoms. The number of hydrogen-bond acceptors (Lipinski definition) is 3. The van der Waals surface area contributed by atoms with Gasteiger partial charge in [-0.05, 0) is 42.3 Å². The topological polar surface area (TPSA) is 44.5 Å². The van der Waals surface area contributed by atoms with Crippen LogP contribution >= 0.6 is 0 Å². The van der Waals surface area contributed by atoms with Crippen LogP contribution in [0, 0.1) is 0 Å². The van der Waals surface area contributed by atoms with Crippen LogP contribution in [-0.4, -0.2) is 19.8 Å². The minimum atomic E-state index is 0.494. The maximum absolute atomic E-state index is 5.93. The Morgan fingerprint density at radius 1 is 0.680 bits per heavy atom. The van der Waals surface area contributed by atoms with Gasteiger partial charge in [0.15, 0.2) is 0 Å². The van der Waals surface area contributed by atoms with Crippen LogP contribution in [0.4, 0.5) is 0 Å². The summed E-state index contributed by atoms with van der Waals surface area (Å²) in [5.74, 6) is 1.72. The van der Waals surface area contributed by atoms with Gasteiger partial charge in [-0.15, -0.1) is 0 Å². The molecule has 0 saturated carbocycles. The average molecular weight is 333 g/mol. The average Bonchev–Trinajstić information content (AvgIpc) is 2.68. The zero-order chi connectivity index (χ0) is 17.3. The van der Waals surface area contributed by atoms with Gasteiger partial charge in [-0.1, -0.05) is 60.7 Å². The van der Waals surface area contributed by atoms with Gasteiger partial charge >= 0.3 is 0 Å². The molecule has 0 radical (unpaired) electrons. The first-order valence-corrected chi connectivity index (χ1v) is 8.56. The zero-order valence-corrected chi connectivity index (χ0v) is 14.2. The minimum absolute atomic E-state index is 0.494. The molecule has 0 aliphatic heterocycles. The Morgan fingerprint density at radius 3 is 2.12 bits per heavy atom. The number of hydrogen-bond donors (Lipinski definition) is 1. The maximum Gasteiger partial charge on any atom is 0.127 e. The molecule has 128 valence electrons. The first kappa shape index (κ1) is 17.1. The number of ether oxygens (including phenoxy) is 2. The lowest BCUT2D eigenvalue weighted by molar-refractivity contribution is 0.217. The smallest absolute Gasteiger partial charge is 0.127 e. The van der Waals surface area contributed by atoms with Crippen molar-refractivity contribution in [2.45, 2.75) is 6.42 Å². The predicted octanol–water partition coefficient (Wildman–Crippen LogP) is 4.31. The van der Waals surface area contributed by atoms with Crippen molar-refractivity contribution in [2.24, 2.45) is 5.73 Å². The van der Waals surface area contributed by atoms with Gasteiger partial charge in [0.05, 0.1) is 0 Å². The van der Waals surface area contributed by atoms with E-state index < -0.39 is 0 Å². The van der Waals surface area contributed by atoms with E-state index in [4.69, 9.17) is 15.2 Å². The van der Waals surface area contributed by atoms with E-state index in [1.165, 1.54) is 5.56 Å². The van der Waals surface area contributed by atoms with Crippen molar-refractivity contribution in [3.05, 3.63) is 84.4 Å². The first-order chi connectivity index (χ1) is 12.4. The van der Waals surface area contributed by atoms with Gasteiger partial charge in [-0.25, -0.2) is 0 Å². The summed E-state index contributed by atoms with van der Waals surface area (Å²) in [7, 11) is 0. The summed E-state index contributed by atoms with van der Waals surface area (Å²) in [6.07, 6.45) is 0.889. The standard InChI is InChI=1S/C22H23NO2/c23-15-14-18-10-12-20(13-11-18)24-16-17-25-22-9-5-4-8-21(22)19-6-2-1-3-7-19/h1-13H,14-17,23H2. The second-order valence-corrected chi connectivity index (χ2v) is 5.74. The van der Waals surface area contributed by atoms with E-state index in [1.807, 2.05) is 60.7 Å². The van der Waals surface area contributed by atoms with E-state index >= 15 is 0 Å². The molecule has 3 aromatic carbocycles. The Balaban J connectivity index is 1.54. The third-order valence-electron chi connectivity index (χ3n) is 3.94. The highest BCUT2D eigenvalue weighted by Gasteiger charge is 2.05. The van der Waals surface area contributed by atoms with Crippen molar-refractivity contribution < 1.29 is 9.47 Å². The van der Waals surface area contributed by atoms with Gasteiger partial charge in [0.25, 0.3) is 0 Å². The van der Waals surface area contributed by atoms with Crippen LogP contribution < -0.4 is 15.2 Å². The molecule has 0 aliphatic carbocycles. The Morgan fingerprint density at radius 2 is 1.36 bits per heavy atom. The van der Waals surface area contributed by atoms with Crippen LogP contribution in [0.15, 0.2) is 78.9 Å². The largest absolute Gasteiger partial charge is 0.490 e. The van der Waals surface area contributed by atoms with Gasteiger partial charge in [-0.2, -0.15) is 0 Å². The van der Waals surface area contributed by atoms with E-state index in [-0.39, 0.29) is 0 Å². The van der Waals surface area contributed by atoms with Crippen LogP contribution in [-0.2, 0) is 6.42 Å². The molecule has 3 heteroatoms. The van der Waals surface area contributed by atoms with E-state index in [9.17, 15) is 0 Å². The summed E-state index contributed by atoms with van der Waals surface area (Å²) in [5.41, 5.74) is 9.02. The van der Waals surface area contributed by atoms with Crippen LogP contribution in [0.25, 0.3) is 11.1 Å². The summed E-state index contributed by atoms with van der Waals surface area (Å²) in [6.45, 7) is 1.66. The highest BCUT2D eigenvalue weighted by atomic mass is 16.5. The molecule has 0 saturated heterocycles. The Kier molecular flexibility index (Phi) is 6.07. The number of rotatable bonds is 8. The van der Waals surface area contributed by atoms with Crippen LogP contribution in [0.1, 0.15) is 5.56 Å². The normalized spacial score (nSPS) is 10.4. The summed E-state index contributed by atoms with van der Waals surface area (Å²) in [4.78, 5) is 0. The summed E-state index contributed by atoms with van der Waals surface area (Å²) in [6, 6.07) is 26.4. The van der Waals surface area contributed by atoms with Gasteiger partial charge in [0.1, 0.15) is 24.7 Å². The van der Waals surface area contributed by atoms with Crippen LogP contribution in [0.3, 0.4) is 0 Å². The molecule has 2 N–H and O–H groups in total. The van der Waals surface area contributed by atoms with Crippen LogP contribution in [0.5, 0.6) is 11.5 Å². The molecule has 0 unspecified atom stereocenters. The minimum Gasteiger partial charge on any atom is -0.490 e. The van der Waals surface area contributed by atoms with E-state index in [0.29, 0.717) is 19.8 Å². The number of para-hydroxylation sites is 1. The molecule has 3 aromatic rings. The lowest BCUT2D eigenvalue weighted by atomic mass is 10.1. The molecule has 3 nitrogen and oxygen atoms in total. The Labute approximate surface area is 149 Å². The molecule has 0 spiro atoms. The molecular formula is C22H23NO2. The van der Waals surface area contributed by atoms with E-state index in [0.717, 1.165) is 29.0 Å². The number of nitrogens with two attached hydrogens (primary N) is 1. The van der Waals surface area contributed by atoms with Crippen molar-refractivity contribution in [3.8, 4) is 22.6 Å². The summed E-state index contributed by atoms with van der Waals surface area (Å²) < 4.78 is 11.7. The molecule has 0 atom stereocenters. The maximum atomic E-state index is 5.93. The SMILES string of the molecule is NCCc1ccc(OCCOc2ccccc2-c2ccccc2)cc1. The third kappa shape index (κ3) is 4.85. The molecule has 0 amide bonds. The fourth-order valence-electron chi connectivity index (χ4n) is 2.68. The second kappa shape index (κ2) is 8.90.